The van der Waals surface area contributed by atoms with Crippen molar-refractivity contribution in [3.63, 3.8) is 0 Å². The summed E-state index contributed by atoms with van der Waals surface area (Å²) in [5.41, 5.74) is 1.12. The zero-order valence-electron chi connectivity index (χ0n) is 7.29. The molecule has 1 rings (SSSR count). The van der Waals surface area contributed by atoms with Gasteiger partial charge in [-0.25, -0.2) is 0 Å². The molecule has 3 heteroatoms. The van der Waals surface area contributed by atoms with Crippen LogP contribution in [0.4, 0.5) is 0 Å². The molecular weight excluding hydrogens is 156 g/mol. The van der Waals surface area contributed by atoms with Crippen LogP contribution in [0, 0.1) is 5.92 Å². The Labute approximate surface area is 71.4 Å². The van der Waals surface area contributed by atoms with Gasteiger partial charge in [-0.15, -0.1) is 0 Å². The summed E-state index contributed by atoms with van der Waals surface area (Å²) in [5, 5.41) is 0. The summed E-state index contributed by atoms with van der Waals surface area (Å²) >= 11 is 0. The number of carbonyl (C=O) groups is 2. The van der Waals surface area contributed by atoms with E-state index in [0.717, 1.165) is 12.0 Å². The zero-order chi connectivity index (χ0) is 9.14. The van der Waals surface area contributed by atoms with E-state index in [0.29, 0.717) is 0 Å². The van der Waals surface area contributed by atoms with Crippen LogP contribution in [-0.2, 0) is 14.3 Å². The minimum atomic E-state index is -0.412. The Bertz CT molecular complexity index is 240. The Morgan fingerprint density at radius 2 is 2.33 bits per heavy atom. The number of cyclic esters (lactones) is 2. The maximum atomic E-state index is 10.9. The van der Waals surface area contributed by atoms with Crippen molar-refractivity contribution in [3.8, 4) is 0 Å². The predicted molar refractivity (Wildman–Crippen MR) is 43.3 cm³/mol. The molecule has 1 saturated heterocycles. The van der Waals surface area contributed by atoms with Crippen LogP contribution in [0.25, 0.3) is 0 Å². The number of allylic oxidation sites excluding steroid dienone is 1. The van der Waals surface area contributed by atoms with E-state index < -0.39 is 11.9 Å². The van der Waals surface area contributed by atoms with Gasteiger partial charge in [0.2, 0.25) is 0 Å². The average Bonchev–Trinajstić information content (AvgIpc) is 2.30. The highest BCUT2D eigenvalue weighted by Crippen LogP contribution is 2.19. The highest BCUT2D eigenvalue weighted by molar-refractivity contribution is 5.95. The quantitative estimate of drug-likeness (QED) is 0.356. The van der Waals surface area contributed by atoms with Crippen LogP contribution in [0.15, 0.2) is 11.6 Å². The smallest absolute Gasteiger partial charge is 0.321 e. The standard InChI is InChI=1S/C9H12O3/c1-3-6(2)4-7-5-8(10)12-9(7)11/h4,7H,3,5H2,1-2H3. The van der Waals surface area contributed by atoms with Gasteiger partial charge in [-0.05, 0) is 13.3 Å². The Balaban J connectivity index is 2.65. The van der Waals surface area contributed by atoms with Gasteiger partial charge in [0, 0.05) is 0 Å². The minimum absolute atomic E-state index is 0.205. The molecule has 0 N–H and O–H groups in total. The molecule has 0 saturated carbocycles. The second-order valence-corrected chi connectivity index (χ2v) is 2.97. The van der Waals surface area contributed by atoms with Crippen molar-refractivity contribution >= 4 is 11.9 Å². The van der Waals surface area contributed by atoms with Crippen LogP contribution in [-0.4, -0.2) is 11.9 Å². The molecule has 0 aromatic carbocycles. The van der Waals surface area contributed by atoms with Crippen LogP contribution in [0.2, 0.25) is 0 Å². The van der Waals surface area contributed by atoms with Gasteiger partial charge in [-0.3, -0.25) is 9.59 Å². The van der Waals surface area contributed by atoms with Crippen molar-refractivity contribution in [1.29, 1.82) is 0 Å². The Morgan fingerprint density at radius 1 is 1.67 bits per heavy atom. The van der Waals surface area contributed by atoms with E-state index in [-0.39, 0.29) is 12.3 Å². The third-order valence-corrected chi connectivity index (χ3v) is 1.95. The lowest BCUT2D eigenvalue weighted by Gasteiger charge is -1.98. The van der Waals surface area contributed by atoms with Gasteiger partial charge in [0.1, 0.15) is 0 Å². The van der Waals surface area contributed by atoms with Crippen molar-refractivity contribution in [1.82, 2.24) is 0 Å². The van der Waals surface area contributed by atoms with Gasteiger partial charge < -0.3 is 4.74 Å². The lowest BCUT2D eigenvalue weighted by molar-refractivity contribution is -0.152. The van der Waals surface area contributed by atoms with Gasteiger partial charge >= 0.3 is 11.9 Å². The van der Waals surface area contributed by atoms with Crippen LogP contribution < -0.4 is 0 Å². The van der Waals surface area contributed by atoms with E-state index in [4.69, 9.17) is 0 Å². The molecule has 3 nitrogen and oxygen atoms in total. The largest absolute Gasteiger partial charge is 0.393 e. The van der Waals surface area contributed by atoms with Crippen molar-refractivity contribution in [2.75, 3.05) is 0 Å². The zero-order valence-corrected chi connectivity index (χ0v) is 7.29. The first-order valence-electron chi connectivity index (χ1n) is 4.05. The summed E-state index contributed by atoms with van der Waals surface area (Å²) in [6.07, 6.45) is 2.92. The molecule has 0 radical (unpaired) electrons. The molecule has 1 unspecified atom stereocenters. The summed E-state index contributed by atoms with van der Waals surface area (Å²) < 4.78 is 4.40. The van der Waals surface area contributed by atoms with Gasteiger partial charge in [0.25, 0.3) is 0 Å². The molecule has 0 aromatic heterocycles. The summed E-state index contributed by atoms with van der Waals surface area (Å²) in [6.45, 7) is 3.95. The van der Waals surface area contributed by atoms with Crippen LogP contribution in [0.1, 0.15) is 26.7 Å². The van der Waals surface area contributed by atoms with Gasteiger partial charge in [-0.1, -0.05) is 18.6 Å². The molecule has 0 aliphatic carbocycles. The van der Waals surface area contributed by atoms with Gasteiger partial charge in [0.15, 0.2) is 0 Å². The number of carbonyl (C=O) groups excluding carboxylic acids is 2. The highest BCUT2D eigenvalue weighted by Gasteiger charge is 2.31. The first kappa shape index (κ1) is 8.97. The van der Waals surface area contributed by atoms with Crippen LogP contribution in [0.3, 0.4) is 0 Å². The molecule has 12 heavy (non-hydrogen) atoms. The maximum absolute atomic E-state index is 10.9. The van der Waals surface area contributed by atoms with E-state index in [9.17, 15) is 9.59 Å². The molecule has 66 valence electrons. The third-order valence-electron chi connectivity index (χ3n) is 1.95. The third kappa shape index (κ3) is 1.94. The maximum Gasteiger partial charge on any atom is 0.321 e. The first-order chi connectivity index (χ1) is 5.63. The van der Waals surface area contributed by atoms with Crippen molar-refractivity contribution in [2.45, 2.75) is 26.7 Å². The van der Waals surface area contributed by atoms with Crippen LogP contribution >= 0.6 is 0 Å². The number of rotatable bonds is 2. The summed E-state index contributed by atoms with van der Waals surface area (Å²) in [6, 6.07) is 0. The summed E-state index contributed by atoms with van der Waals surface area (Å²) in [4.78, 5) is 21.6. The van der Waals surface area contributed by atoms with Crippen LogP contribution in [0.5, 0.6) is 0 Å². The fourth-order valence-corrected chi connectivity index (χ4v) is 1.08. The molecule has 0 amide bonds. The fourth-order valence-electron chi connectivity index (χ4n) is 1.08. The van der Waals surface area contributed by atoms with E-state index in [1.165, 1.54) is 0 Å². The number of hydrogen-bond donors (Lipinski definition) is 0. The van der Waals surface area contributed by atoms with E-state index in [1.807, 2.05) is 19.9 Å². The minimum Gasteiger partial charge on any atom is -0.393 e. The van der Waals surface area contributed by atoms with E-state index in [2.05, 4.69) is 4.74 Å². The Hall–Kier alpha value is -1.12. The molecule has 0 bridgehead atoms. The molecule has 1 fully saturated rings. The molecule has 1 heterocycles. The molecular formula is C9H12O3. The molecule has 0 aromatic rings. The summed E-state index contributed by atoms with van der Waals surface area (Å²) in [7, 11) is 0. The number of hydrogen-bond acceptors (Lipinski definition) is 3. The Kier molecular flexibility index (Phi) is 2.63. The first-order valence-corrected chi connectivity index (χ1v) is 4.05. The molecule has 1 atom stereocenters. The van der Waals surface area contributed by atoms with Crippen molar-refractivity contribution in [3.05, 3.63) is 11.6 Å². The summed E-state index contributed by atoms with van der Waals surface area (Å²) in [5.74, 6) is -1.16. The predicted octanol–water partition coefficient (Wildman–Crippen LogP) is 1.43. The Morgan fingerprint density at radius 3 is 2.75 bits per heavy atom. The lowest BCUT2D eigenvalue weighted by atomic mass is 10.0. The second-order valence-electron chi connectivity index (χ2n) is 2.97. The SMILES string of the molecule is CCC(C)=CC1CC(=O)OC1=O. The van der Waals surface area contributed by atoms with Gasteiger partial charge in [-0.2, -0.15) is 0 Å². The monoisotopic (exact) mass is 168 g/mol. The van der Waals surface area contributed by atoms with Crippen molar-refractivity contribution in [2.24, 2.45) is 5.92 Å². The van der Waals surface area contributed by atoms with E-state index in [1.54, 1.807) is 0 Å². The van der Waals surface area contributed by atoms with Crippen molar-refractivity contribution < 1.29 is 14.3 Å². The fraction of sp³-hybridized carbons (Fsp3) is 0.556. The normalized spacial score (nSPS) is 24.5. The second kappa shape index (κ2) is 3.52. The lowest BCUT2D eigenvalue weighted by Crippen LogP contribution is -2.04. The van der Waals surface area contributed by atoms with Gasteiger partial charge in [0.05, 0.1) is 12.3 Å². The molecule has 0 spiro atoms. The number of ether oxygens (including phenoxy) is 1. The highest BCUT2D eigenvalue weighted by atomic mass is 16.6. The molecule has 1 aliphatic heterocycles. The average molecular weight is 168 g/mol. The van der Waals surface area contributed by atoms with E-state index >= 15 is 0 Å². The molecule has 1 aliphatic rings. The topological polar surface area (TPSA) is 43.4 Å². The number of esters is 2.